The molecule has 3 rings (SSSR count). The number of para-hydroxylation sites is 1. The molecule has 3 nitrogen and oxygen atoms in total. The van der Waals surface area contributed by atoms with E-state index in [1.165, 1.54) is 0 Å². The lowest BCUT2D eigenvalue weighted by molar-refractivity contribution is -0.141. The van der Waals surface area contributed by atoms with E-state index < -0.39 is 18.0 Å². The van der Waals surface area contributed by atoms with Crippen molar-refractivity contribution in [3.8, 4) is 0 Å². The van der Waals surface area contributed by atoms with E-state index in [0.717, 1.165) is 51.4 Å². The summed E-state index contributed by atoms with van der Waals surface area (Å²) in [6, 6.07) is 7.84. The molecule has 0 aliphatic carbocycles. The molecule has 1 aromatic heterocycles. The molecule has 0 spiro atoms. The number of alkyl halides is 4. The van der Waals surface area contributed by atoms with Gasteiger partial charge in [-0.25, -0.2) is 4.98 Å². The second kappa shape index (κ2) is 10.8. The van der Waals surface area contributed by atoms with Gasteiger partial charge in [-0.2, -0.15) is 13.2 Å². The van der Waals surface area contributed by atoms with Crippen LogP contribution in [-0.2, 0) is 6.18 Å². The molecule has 0 radical (unpaired) electrons. The molecule has 7 heteroatoms. The monoisotopic (exact) mass is 548 g/mol. The highest BCUT2D eigenvalue weighted by atomic mass is 127. The first-order valence-corrected chi connectivity index (χ1v) is 12.7. The zero-order valence-electron chi connectivity index (χ0n) is 18.2. The number of aliphatic hydroxyl groups excluding tert-OH is 1. The number of fused-ring (bicyclic) bond motifs is 1. The number of hydrogen-bond donors (Lipinski definition) is 1. The summed E-state index contributed by atoms with van der Waals surface area (Å²) in [5.74, 6) is 0.963. The van der Waals surface area contributed by atoms with E-state index in [0.29, 0.717) is 27.2 Å². The smallest absolute Gasteiger partial charge is 0.388 e. The van der Waals surface area contributed by atoms with Crippen LogP contribution in [0.25, 0.3) is 10.9 Å². The number of hydrogen-bond acceptors (Lipinski definition) is 3. The number of nitrogens with zero attached hydrogens (tertiary/aromatic N) is 2. The van der Waals surface area contributed by atoms with Crippen LogP contribution in [0.3, 0.4) is 0 Å². The Bertz CT molecular complexity index is 860. The minimum Gasteiger partial charge on any atom is -0.388 e. The zero-order valence-corrected chi connectivity index (χ0v) is 20.4. The van der Waals surface area contributed by atoms with Crippen LogP contribution in [0, 0.1) is 17.8 Å². The number of benzene rings is 1. The van der Waals surface area contributed by atoms with Gasteiger partial charge in [0.1, 0.15) is 5.69 Å². The third-order valence-corrected chi connectivity index (χ3v) is 7.78. The molecule has 1 N–H and O–H groups in total. The van der Waals surface area contributed by atoms with Crippen molar-refractivity contribution in [1.82, 2.24) is 9.88 Å². The molecule has 2 aromatic rings. The Morgan fingerprint density at radius 1 is 1.23 bits per heavy atom. The predicted molar refractivity (Wildman–Crippen MR) is 127 cm³/mol. The highest BCUT2D eigenvalue weighted by Gasteiger charge is 2.36. The zero-order chi connectivity index (χ0) is 22.6. The summed E-state index contributed by atoms with van der Waals surface area (Å²) in [4.78, 5) is 6.32. The maximum Gasteiger partial charge on any atom is 0.433 e. The van der Waals surface area contributed by atoms with Crippen LogP contribution in [-0.4, -0.2) is 39.1 Å². The topological polar surface area (TPSA) is 36.4 Å². The first-order valence-electron chi connectivity index (χ1n) is 11.2. The Balaban J connectivity index is 1.87. The Kier molecular flexibility index (Phi) is 8.60. The van der Waals surface area contributed by atoms with E-state index in [2.05, 4.69) is 46.3 Å². The number of aromatic nitrogens is 1. The first-order chi connectivity index (χ1) is 14.8. The Morgan fingerprint density at radius 2 is 1.97 bits per heavy atom. The maximum atomic E-state index is 13.5. The Morgan fingerprint density at radius 3 is 2.61 bits per heavy atom. The number of aliphatic hydroxyl groups is 1. The summed E-state index contributed by atoms with van der Waals surface area (Å²) in [5.41, 5.74) is -0.319. The summed E-state index contributed by atoms with van der Waals surface area (Å²) in [6.45, 7) is 7.67. The summed E-state index contributed by atoms with van der Waals surface area (Å²) in [5, 5.41) is 11.9. The van der Waals surface area contributed by atoms with E-state index in [1.54, 1.807) is 24.3 Å². The molecule has 0 amide bonds. The van der Waals surface area contributed by atoms with Crippen LogP contribution in [0.2, 0.25) is 0 Å². The summed E-state index contributed by atoms with van der Waals surface area (Å²) in [6.07, 6.45) is -1.34. The van der Waals surface area contributed by atoms with Crippen LogP contribution in [0.5, 0.6) is 0 Å². The van der Waals surface area contributed by atoms with E-state index >= 15 is 0 Å². The molecular formula is C24H32F3IN2O. The molecule has 1 aliphatic heterocycles. The van der Waals surface area contributed by atoms with Gasteiger partial charge in [-0.3, -0.25) is 0 Å². The van der Waals surface area contributed by atoms with Crippen molar-refractivity contribution in [2.24, 2.45) is 17.8 Å². The third kappa shape index (κ3) is 5.90. The largest absolute Gasteiger partial charge is 0.433 e. The molecule has 1 aliphatic rings. The fourth-order valence-corrected chi connectivity index (χ4v) is 5.80. The van der Waals surface area contributed by atoms with E-state index in [4.69, 9.17) is 0 Å². The summed E-state index contributed by atoms with van der Waals surface area (Å²) >= 11 is 2.26. The summed E-state index contributed by atoms with van der Waals surface area (Å²) < 4.78 is 41.1. The highest BCUT2D eigenvalue weighted by molar-refractivity contribution is 14.1. The fraction of sp³-hybridized carbons (Fsp3) is 0.625. The summed E-state index contributed by atoms with van der Waals surface area (Å²) in [7, 11) is 0. The van der Waals surface area contributed by atoms with Gasteiger partial charge in [0.25, 0.3) is 0 Å². The molecule has 1 aromatic carbocycles. The lowest BCUT2D eigenvalue weighted by atomic mass is 9.76. The molecule has 31 heavy (non-hydrogen) atoms. The van der Waals surface area contributed by atoms with Crippen molar-refractivity contribution in [2.75, 3.05) is 24.1 Å². The normalized spacial score (nSPS) is 22.5. The Labute approximate surface area is 196 Å². The molecular weight excluding hydrogens is 516 g/mol. The van der Waals surface area contributed by atoms with E-state index in [-0.39, 0.29) is 11.4 Å². The maximum absolute atomic E-state index is 13.5. The van der Waals surface area contributed by atoms with Gasteiger partial charge in [-0.15, -0.1) is 0 Å². The molecule has 0 bridgehead atoms. The molecule has 1 saturated heterocycles. The van der Waals surface area contributed by atoms with Crippen molar-refractivity contribution in [3.63, 3.8) is 0 Å². The van der Waals surface area contributed by atoms with E-state index in [9.17, 15) is 18.3 Å². The van der Waals surface area contributed by atoms with Crippen molar-refractivity contribution < 1.29 is 18.3 Å². The number of halogens is 4. The number of likely N-dealkylation sites (tertiary alicyclic amines) is 1. The van der Waals surface area contributed by atoms with Crippen molar-refractivity contribution in [1.29, 1.82) is 0 Å². The molecule has 0 saturated carbocycles. The third-order valence-electron chi connectivity index (χ3n) is 6.65. The molecule has 4 atom stereocenters. The predicted octanol–water partition coefficient (Wildman–Crippen LogP) is 6.49. The second-order valence-corrected chi connectivity index (χ2v) is 9.61. The lowest BCUT2D eigenvalue weighted by Gasteiger charge is -2.40. The first kappa shape index (κ1) is 24.7. The van der Waals surface area contributed by atoms with Gasteiger partial charge in [0.05, 0.1) is 11.6 Å². The Hall–Kier alpha value is -0.930. The quantitative estimate of drug-likeness (QED) is 0.303. The van der Waals surface area contributed by atoms with E-state index in [1.807, 2.05) is 0 Å². The average molecular weight is 548 g/mol. The van der Waals surface area contributed by atoms with Crippen molar-refractivity contribution in [3.05, 3.63) is 41.6 Å². The van der Waals surface area contributed by atoms with Crippen LogP contribution in [0.15, 0.2) is 30.3 Å². The van der Waals surface area contributed by atoms with Gasteiger partial charge in [0, 0.05) is 16.4 Å². The molecule has 2 heterocycles. The van der Waals surface area contributed by atoms with Crippen LogP contribution in [0.1, 0.15) is 56.9 Å². The molecule has 172 valence electrons. The SMILES string of the molecule is CCCN1CC[C@H](CC(CI)C(O)c2cc(C(F)(F)F)nc3ccccc23)[C@@H](CC)C1. The van der Waals surface area contributed by atoms with Gasteiger partial charge in [-0.05, 0) is 67.8 Å². The number of rotatable bonds is 8. The van der Waals surface area contributed by atoms with Crippen molar-refractivity contribution in [2.45, 2.75) is 51.8 Å². The molecule has 1 fully saturated rings. The van der Waals surface area contributed by atoms with Gasteiger partial charge in [0.2, 0.25) is 0 Å². The second-order valence-electron chi connectivity index (χ2n) is 8.72. The van der Waals surface area contributed by atoms with Gasteiger partial charge < -0.3 is 10.0 Å². The fourth-order valence-electron chi connectivity index (χ4n) is 4.96. The van der Waals surface area contributed by atoms with Crippen LogP contribution in [0.4, 0.5) is 13.2 Å². The van der Waals surface area contributed by atoms with Crippen LogP contribution < -0.4 is 0 Å². The minimum atomic E-state index is -4.54. The van der Waals surface area contributed by atoms with Gasteiger partial charge >= 0.3 is 6.18 Å². The van der Waals surface area contributed by atoms with Crippen LogP contribution >= 0.6 is 22.6 Å². The standard InChI is InChI=1S/C24H32F3IN2O/c1-3-10-30-11-9-17(16(4-2)15-30)12-18(14-28)23(31)20-13-22(24(25,26)27)29-21-8-6-5-7-19(20)21/h5-8,13,16-18,23,31H,3-4,9-12,14-15H2,1-2H3/t16-,17+,18?,23?/m0/s1. The average Bonchev–Trinajstić information content (AvgIpc) is 2.76. The number of pyridine rings is 1. The molecule has 2 unspecified atom stereocenters. The van der Waals surface area contributed by atoms with Gasteiger partial charge in [0.15, 0.2) is 0 Å². The number of piperidine rings is 1. The van der Waals surface area contributed by atoms with Crippen molar-refractivity contribution >= 4 is 33.5 Å². The van der Waals surface area contributed by atoms with Gasteiger partial charge in [-0.1, -0.05) is 61.1 Å². The highest BCUT2D eigenvalue weighted by Crippen LogP contribution is 2.40. The minimum absolute atomic E-state index is 0.0933. The lowest BCUT2D eigenvalue weighted by Crippen LogP contribution is -2.41.